The first-order chi connectivity index (χ1) is 8.47. The largest absolute Gasteiger partial charge is 0.306 e. The van der Waals surface area contributed by atoms with Crippen molar-refractivity contribution in [1.82, 2.24) is 4.98 Å². The Kier molecular flexibility index (Phi) is 4.19. The summed E-state index contributed by atoms with van der Waals surface area (Å²) in [6.07, 6.45) is 1.68. The number of thiophene rings is 1. The molecule has 0 aliphatic rings. The molecule has 1 amide bonds. The molecule has 0 aromatic carbocycles. The van der Waals surface area contributed by atoms with Crippen molar-refractivity contribution in [3.8, 4) is 0 Å². The number of pyridine rings is 1. The second-order valence-electron chi connectivity index (χ2n) is 3.84. The van der Waals surface area contributed by atoms with E-state index in [9.17, 15) is 4.79 Å². The van der Waals surface area contributed by atoms with Gasteiger partial charge in [0.2, 0.25) is 0 Å². The van der Waals surface area contributed by atoms with Crippen molar-refractivity contribution in [2.75, 3.05) is 5.32 Å². The molecule has 0 radical (unpaired) electrons. The highest BCUT2D eigenvalue weighted by atomic mass is 79.9. The zero-order valence-electron chi connectivity index (χ0n) is 9.75. The maximum atomic E-state index is 12.0. The fourth-order valence-corrected chi connectivity index (χ4v) is 3.00. The van der Waals surface area contributed by atoms with Crippen molar-refractivity contribution >= 4 is 54.9 Å². The first-order valence-electron chi connectivity index (χ1n) is 5.17. The van der Waals surface area contributed by atoms with Crippen molar-refractivity contribution in [1.29, 1.82) is 0 Å². The number of carbonyl (C=O) groups is 1. The number of hydrogen-bond acceptors (Lipinski definition) is 3. The lowest BCUT2D eigenvalue weighted by Crippen LogP contribution is -2.11. The number of aromatic nitrogens is 1. The molecule has 0 saturated carbocycles. The van der Waals surface area contributed by atoms with Gasteiger partial charge in [-0.1, -0.05) is 0 Å². The molecule has 6 heteroatoms. The highest BCUT2D eigenvalue weighted by molar-refractivity contribution is 9.11. The molecule has 0 unspecified atom stereocenters. The standard InChI is InChI=1S/C12H10Br2N2OS/c1-6-4-10(15-5-8(6)13)16-12(17)9-3-7(2)11(14)18-9/h3-5H,1-2H3,(H,15,16,17). The average molecular weight is 390 g/mol. The van der Waals surface area contributed by atoms with Crippen LogP contribution >= 0.6 is 43.2 Å². The molecule has 2 heterocycles. The fraction of sp³-hybridized carbons (Fsp3) is 0.167. The highest BCUT2D eigenvalue weighted by Crippen LogP contribution is 2.28. The van der Waals surface area contributed by atoms with Gasteiger partial charge in [0.1, 0.15) is 5.82 Å². The van der Waals surface area contributed by atoms with Gasteiger partial charge in [-0.15, -0.1) is 11.3 Å². The van der Waals surface area contributed by atoms with Crippen molar-refractivity contribution < 1.29 is 4.79 Å². The van der Waals surface area contributed by atoms with Gasteiger partial charge in [0.25, 0.3) is 5.91 Å². The summed E-state index contributed by atoms with van der Waals surface area (Å²) in [5.41, 5.74) is 2.09. The predicted molar refractivity (Wildman–Crippen MR) is 81.4 cm³/mol. The smallest absolute Gasteiger partial charge is 0.266 e. The molecule has 0 fully saturated rings. The van der Waals surface area contributed by atoms with Crippen LogP contribution in [-0.4, -0.2) is 10.9 Å². The van der Waals surface area contributed by atoms with Crippen LogP contribution in [0.25, 0.3) is 0 Å². The number of aryl methyl sites for hydroxylation is 2. The van der Waals surface area contributed by atoms with Crippen LogP contribution in [0.1, 0.15) is 20.8 Å². The van der Waals surface area contributed by atoms with Crippen LogP contribution in [0.2, 0.25) is 0 Å². The van der Waals surface area contributed by atoms with E-state index in [1.54, 1.807) is 6.20 Å². The van der Waals surface area contributed by atoms with Gasteiger partial charge in [-0.2, -0.15) is 0 Å². The van der Waals surface area contributed by atoms with E-state index in [2.05, 4.69) is 42.2 Å². The van der Waals surface area contributed by atoms with E-state index in [-0.39, 0.29) is 5.91 Å². The topological polar surface area (TPSA) is 42.0 Å². The van der Waals surface area contributed by atoms with Gasteiger partial charge in [-0.3, -0.25) is 4.79 Å². The lowest BCUT2D eigenvalue weighted by Gasteiger charge is -2.04. The van der Waals surface area contributed by atoms with Crippen LogP contribution in [0.5, 0.6) is 0 Å². The number of anilines is 1. The van der Waals surface area contributed by atoms with E-state index in [4.69, 9.17) is 0 Å². The third-order valence-corrected chi connectivity index (χ3v) is 5.34. The van der Waals surface area contributed by atoms with Gasteiger partial charge in [-0.05, 0) is 69.0 Å². The maximum Gasteiger partial charge on any atom is 0.266 e. The molecule has 18 heavy (non-hydrogen) atoms. The molecule has 0 spiro atoms. The van der Waals surface area contributed by atoms with E-state index in [0.29, 0.717) is 10.7 Å². The predicted octanol–water partition coefficient (Wildman–Crippen LogP) is 4.54. The second kappa shape index (κ2) is 5.50. The third-order valence-electron chi connectivity index (χ3n) is 2.37. The molecule has 1 N–H and O–H groups in total. The van der Waals surface area contributed by atoms with Crippen LogP contribution in [-0.2, 0) is 0 Å². The van der Waals surface area contributed by atoms with Crippen LogP contribution in [0.15, 0.2) is 26.6 Å². The molecule has 0 saturated heterocycles. The van der Waals surface area contributed by atoms with E-state index in [1.807, 2.05) is 26.0 Å². The molecule has 0 atom stereocenters. The number of rotatable bonds is 2. The molecule has 0 aliphatic carbocycles. The van der Waals surface area contributed by atoms with Gasteiger partial charge in [0, 0.05) is 10.7 Å². The first kappa shape index (κ1) is 13.7. The van der Waals surface area contributed by atoms with Gasteiger partial charge in [0.15, 0.2) is 0 Å². The van der Waals surface area contributed by atoms with Crippen LogP contribution in [0, 0.1) is 13.8 Å². The van der Waals surface area contributed by atoms with Crippen molar-refractivity contribution in [3.05, 3.63) is 42.6 Å². The molecule has 3 nitrogen and oxygen atoms in total. The molecule has 2 aromatic heterocycles. The average Bonchev–Trinajstić information content (AvgIpc) is 2.65. The van der Waals surface area contributed by atoms with Crippen LogP contribution < -0.4 is 5.32 Å². The number of nitrogens with zero attached hydrogens (tertiary/aromatic N) is 1. The monoisotopic (exact) mass is 388 g/mol. The first-order valence-corrected chi connectivity index (χ1v) is 7.57. The zero-order chi connectivity index (χ0) is 13.3. The summed E-state index contributed by atoms with van der Waals surface area (Å²) in [5, 5.41) is 2.79. The Balaban J connectivity index is 2.18. The molecular formula is C12H10Br2N2OS. The summed E-state index contributed by atoms with van der Waals surface area (Å²) in [4.78, 5) is 16.8. The Morgan fingerprint density at radius 2 is 2.00 bits per heavy atom. The molecular weight excluding hydrogens is 380 g/mol. The van der Waals surface area contributed by atoms with Gasteiger partial charge >= 0.3 is 0 Å². The minimum atomic E-state index is -0.136. The van der Waals surface area contributed by atoms with Gasteiger partial charge < -0.3 is 5.32 Å². The summed E-state index contributed by atoms with van der Waals surface area (Å²) in [5.74, 6) is 0.422. The van der Waals surface area contributed by atoms with Gasteiger partial charge in [-0.25, -0.2) is 4.98 Å². The Morgan fingerprint density at radius 1 is 1.28 bits per heavy atom. The normalized spacial score (nSPS) is 10.4. The van der Waals surface area contributed by atoms with Crippen molar-refractivity contribution in [3.63, 3.8) is 0 Å². The number of carbonyl (C=O) groups excluding carboxylic acids is 1. The highest BCUT2D eigenvalue weighted by Gasteiger charge is 2.12. The lowest BCUT2D eigenvalue weighted by molar-refractivity contribution is 0.103. The number of hydrogen-bond donors (Lipinski definition) is 1. The van der Waals surface area contributed by atoms with E-state index in [0.717, 1.165) is 19.4 Å². The number of nitrogens with one attached hydrogen (secondary N) is 1. The summed E-state index contributed by atoms with van der Waals surface area (Å²) in [6.45, 7) is 3.91. The summed E-state index contributed by atoms with van der Waals surface area (Å²) >= 11 is 8.20. The van der Waals surface area contributed by atoms with E-state index < -0.39 is 0 Å². The minimum Gasteiger partial charge on any atom is -0.306 e. The molecule has 2 rings (SSSR count). The molecule has 0 bridgehead atoms. The van der Waals surface area contributed by atoms with Crippen molar-refractivity contribution in [2.24, 2.45) is 0 Å². The maximum absolute atomic E-state index is 12.0. The van der Waals surface area contributed by atoms with Crippen molar-refractivity contribution in [2.45, 2.75) is 13.8 Å². The molecule has 2 aromatic rings. The summed E-state index contributed by atoms with van der Waals surface area (Å²) in [6, 6.07) is 3.69. The molecule has 94 valence electrons. The number of amides is 1. The number of halogens is 2. The van der Waals surface area contributed by atoms with Crippen LogP contribution in [0.4, 0.5) is 5.82 Å². The molecule has 0 aliphatic heterocycles. The Labute approximate surface area is 126 Å². The SMILES string of the molecule is Cc1cc(NC(=O)c2cc(C)c(Br)s2)ncc1Br. The third kappa shape index (κ3) is 2.99. The zero-order valence-corrected chi connectivity index (χ0v) is 13.7. The second-order valence-corrected chi connectivity index (χ2v) is 7.06. The fourth-order valence-electron chi connectivity index (χ4n) is 1.36. The van der Waals surface area contributed by atoms with E-state index >= 15 is 0 Å². The Bertz CT molecular complexity index is 591. The summed E-state index contributed by atoms with van der Waals surface area (Å²) < 4.78 is 1.91. The Morgan fingerprint density at radius 3 is 2.56 bits per heavy atom. The van der Waals surface area contributed by atoms with Crippen LogP contribution in [0.3, 0.4) is 0 Å². The Hall–Kier alpha value is -0.720. The quantitative estimate of drug-likeness (QED) is 0.819. The van der Waals surface area contributed by atoms with Gasteiger partial charge in [0.05, 0.1) is 8.66 Å². The van der Waals surface area contributed by atoms with E-state index in [1.165, 1.54) is 11.3 Å². The lowest BCUT2D eigenvalue weighted by atomic mass is 10.3. The summed E-state index contributed by atoms with van der Waals surface area (Å²) in [7, 11) is 0. The minimum absolute atomic E-state index is 0.136.